The van der Waals surface area contributed by atoms with Crippen LogP contribution in [0.15, 0.2) is 4.42 Å². The van der Waals surface area contributed by atoms with E-state index in [2.05, 4.69) is 4.98 Å². The molecule has 0 saturated carbocycles. The van der Waals surface area contributed by atoms with Crippen LogP contribution in [-0.2, 0) is 5.60 Å². The Morgan fingerprint density at radius 1 is 1.54 bits per heavy atom. The van der Waals surface area contributed by atoms with E-state index in [1.807, 2.05) is 0 Å². The molecule has 0 aromatic carbocycles. The second-order valence-electron chi connectivity index (χ2n) is 3.30. The molecule has 1 aromatic heterocycles. The summed E-state index contributed by atoms with van der Waals surface area (Å²) in [6.07, 6.45) is 0. The highest BCUT2D eigenvalue weighted by atomic mass is 16.4. The smallest absolute Gasteiger partial charge is 0.373 e. The molecule has 0 aliphatic heterocycles. The highest BCUT2D eigenvalue weighted by Gasteiger charge is 2.26. The number of nitrogens with zero attached hydrogens (tertiary/aromatic N) is 1. The Morgan fingerprint density at radius 3 is 2.31 bits per heavy atom. The molecule has 2 N–H and O–H groups in total. The summed E-state index contributed by atoms with van der Waals surface area (Å²) in [6, 6.07) is 0. The maximum atomic E-state index is 10.5. The van der Waals surface area contributed by atoms with Gasteiger partial charge in [-0.1, -0.05) is 0 Å². The Balaban J connectivity index is 3.17. The van der Waals surface area contributed by atoms with Crippen LogP contribution in [0, 0.1) is 6.92 Å². The van der Waals surface area contributed by atoms with Gasteiger partial charge in [-0.15, -0.1) is 0 Å². The Labute approximate surface area is 75.0 Å². The molecule has 5 heteroatoms. The van der Waals surface area contributed by atoms with E-state index >= 15 is 0 Å². The van der Waals surface area contributed by atoms with Gasteiger partial charge in [0, 0.05) is 0 Å². The summed E-state index contributed by atoms with van der Waals surface area (Å²) < 4.78 is 4.88. The minimum Gasteiger partial charge on any atom is -0.475 e. The highest BCUT2D eigenvalue weighted by molar-refractivity contribution is 5.85. The van der Waals surface area contributed by atoms with Crippen molar-refractivity contribution >= 4 is 5.97 Å². The van der Waals surface area contributed by atoms with Crippen molar-refractivity contribution < 1.29 is 19.4 Å². The van der Waals surface area contributed by atoms with Crippen LogP contribution in [0.1, 0.15) is 36.0 Å². The van der Waals surface area contributed by atoms with Crippen molar-refractivity contribution in [2.75, 3.05) is 0 Å². The maximum absolute atomic E-state index is 10.5. The topological polar surface area (TPSA) is 83.6 Å². The molecule has 0 amide bonds. The van der Waals surface area contributed by atoms with E-state index in [4.69, 9.17) is 9.52 Å². The zero-order chi connectivity index (χ0) is 10.2. The molecular weight excluding hydrogens is 174 g/mol. The fourth-order valence-corrected chi connectivity index (χ4v) is 0.857. The SMILES string of the molecule is Cc1nc(C(C)(C)O)oc1C(=O)O. The van der Waals surface area contributed by atoms with Gasteiger partial charge in [0.2, 0.25) is 11.7 Å². The van der Waals surface area contributed by atoms with Gasteiger partial charge in [-0.3, -0.25) is 0 Å². The predicted octanol–water partition coefficient (Wildman–Crippen LogP) is 0.909. The van der Waals surface area contributed by atoms with Crippen molar-refractivity contribution in [3.8, 4) is 0 Å². The van der Waals surface area contributed by atoms with Crippen LogP contribution in [0.2, 0.25) is 0 Å². The van der Waals surface area contributed by atoms with E-state index < -0.39 is 11.6 Å². The number of carboxylic acids is 1. The third-order valence-corrected chi connectivity index (χ3v) is 1.51. The number of carboxylic acid groups (broad SMARTS) is 1. The lowest BCUT2D eigenvalue weighted by molar-refractivity contribution is 0.0440. The summed E-state index contributed by atoms with van der Waals surface area (Å²) in [5.74, 6) is -1.39. The largest absolute Gasteiger partial charge is 0.475 e. The van der Waals surface area contributed by atoms with Gasteiger partial charge < -0.3 is 14.6 Å². The van der Waals surface area contributed by atoms with Crippen molar-refractivity contribution in [1.29, 1.82) is 0 Å². The average molecular weight is 185 g/mol. The van der Waals surface area contributed by atoms with Gasteiger partial charge >= 0.3 is 5.97 Å². The lowest BCUT2D eigenvalue weighted by Crippen LogP contribution is -2.15. The minimum absolute atomic E-state index is 0.0161. The van der Waals surface area contributed by atoms with Crippen LogP contribution >= 0.6 is 0 Å². The second-order valence-corrected chi connectivity index (χ2v) is 3.30. The number of carbonyl (C=O) groups is 1. The van der Waals surface area contributed by atoms with E-state index in [-0.39, 0.29) is 17.3 Å². The number of aryl methyl sites for hydroxylation is 1. The molecule has 0 bridgehead atoms. The fourth-order valence-electron chi connectivity index (χ4n) is 0.857. The second kappa shape index (κ2) is 2.85. The van der Waals surface area contributed by atoms with E-state index in [9.17, 15) is 9.90 Å². The quantitative estimate of drug-likeness (QED) is 0.715. The van der Waals surface area contributed by atoms with Crippen LogP contribution in [0.3, 0.4) is 0 Å². The first-order valence-electron chi connectivity index (χ1n) is 3.76. The molecule has 0 aliphatic rings. The molecule has 1 aromatic rings. The first kappa shape index (κ1) is 9.73. The molecule has 0 fully saturated rings. The number of hydrogen-bond donors (Lipinski definition) is 2. The molecule has 0 unspecified atom stereocenters. The molecular formula is C8H11NO4. The van der Waals surface area contributed by atoms with Gasteiger partial charge in [-0.2, -0.15) is 0 Å². The maximum Gasteiger partial charge on any atom is 0.373 e. The third-order valence-electron chi connectivity index (χ3n) is 1.51. The van der Waals surface area contributed by atoms with Gasteiger partial charge in [-0.05, 0) is 20.8 Å². The number of aromatic nitrogens is 1. The summed E-state index contributed by atoms with van der Waals surface area (Å²) in [4.78, 5) is 14.4. The summed E-state index contributed by atoms with van der Waals surface area (Å²) in [7, 11) is 0. The Morgan fingerprint density at radius 2 is 2.08 bits per heavy atom. The first-order chi connectivity index (χ1) is 5.82. The normalized spacial score (nSPS) is 11.7. The number of hydrogen-bond acceptors (Lipinski definition) is 4. The molecule has 13 heavy (non-hydrogen) atoms. The molecule has 1 heterocycles. The van der Waals surface area contributed by atoms with Crippen LogP contribution in [0.25, 0.3) is 0 Å². The van der Waals surface area contributed by atoms with Crippen molar-refractivity contribution in [3.05, 3.63) is 17.3 Å². The van der Waals surface area contributed by atoms with E-state index in [1.165, 1.54) is 20.8 Å². The summed E-state index contributed by atoms with van der Waals surface area (Å²) in [5, 5.41) is 18.1. The van der Waals surface area contributed by atoms with Crippen molar-refractivity contribution in [3.63, 3.8) is 0 Å². The summed E-state index contributed by atoms with van der Waals surface area (Å²) in [6.45, 7) is 4.47. The molecule has 0 aliphatic carbocycles. The standard InChI is InChI=1S/C8H11NO4/c1-4-5(6(10)11)13-7(9-4)8(2,3)12/h12H,1-3H3,(H,10,11). The fraction of sp³-hybridized carbons (Fsp3) is 0.500. The molecule has 72 valence electrons. The highest BCUT2D eigenvalue weighted by Crippen LogP contribution is 2.21. The van der Waals surface area contributed by atoms with Crippen LogP contribution in [0.5, 0.6) is 0 Å². The van der Waals surface area contributed by atoms with E-state index in [0.29, 0.717) is 0 Å². The number of oxazole rings is 1. The van der Waals surface area contributed by atoms with Gasteiger partial charge in [0.15, 0.2) is 0 Å². The number of aliphatic hydroxyl groups is 1. The number of rotatable bonds is 2. The Hall–Kier alpha value is -1.36. The third kappa shape index (κ3) is 1.86. The zero-order valence-corrected chi connectivity index (χ0v) is 7.66. The Bertz CT molecular complexity index is 334. The molecule has 0 atom stereocenters. The lowest BCUT2D eigenvalue weighted by atomic mass is 10.1. The Kier molecular flexibility index (Phi) is 2.13. The molecule has 0 radical (unpaired) electrons. The van der Waals surface area contributed by atoms with Crippen LogP contribution in [-0.4, -0.2) is 21.2 Å². The van der Waals surface area contributed by atoms with Crippen LogP contribution < -0.4 is 0 Å². The van der Waals surface area contributed by atoms with Gasteiger partial charge in [-0.25, -0.2) is 9.78 Å². The molecule has 5 nitrogen and oxygen atoms in total. The van der Waals surface area contributed by atoms with E-state index in [1.54, 1.807) is 0 Å². The summed E-state index contributed by atoms with van der Waals surface area (Å²) >= 11 is 0. The minimum atomic E-state index is -1.25. The predicted molar refractivity (Wildman–Crippen MR) is 43.4 cm³/mol. The molecule has 0 spiro atoms. The van der Waals surface area contributed by atoms with E-state index in [0.717, 1.165) is 0 Å². The van der Waals surface area contributed by atoms with Crippen molar-refractivity contribution in [2.45, 2.75) is 26.4 Å². The lowest BCUT2D eigenvalue weighted by Gasteiger charge is -2.10. The molecule has 0 saturated heterocycles. The van der Waals surface area contributed by atoms with Gasteiger partial charge in [0.05, 0.1) is 5.69 Å². The van der Waals surface area contributed by atoms with Gasteiger partial charge in [0.1, 0.15) is 5.60 Å². The molecule has 1 rings (SSSR count). The van der Waals surface area contributed by atoms with Crippen molar-refractivity contribution in [1.82, 2.24) is 4.98 Å². The average Bonchev–Trinajstić information content (AvgIpc) is 2.29. The number of aromatic carboxylic acids is 1. The summed E-state index contributed by atoms with van der Waals surface area (Å²) in [5.41, 5.74) is -0.983. The monoisotopic (exact) mass is 185 g/mol. The first-order valence-corrected chi connectivity index (χ1v) is 3.76. The zero-order valence-electron chi connectivity index (χ0n) is 7.66. The van der Waals surface area contributed by atoms with Gasteiger partial charge in [0.25, 0.3) is 0 Å². The van der Waals surface area contributed by atoms with Crippen LogP contribution in [0.4, 0.5) is 0 Å². The van der Waals surface area contributed by atoms with Crippen molar-refractivity contribution in [2.24, 2.45) is 0 Å².